The van der Waals surface area contributed by atoms with Crippen LogP contribution < -0.4 is 5.32 Å². The summed E-state index contributed by atoms with van der Waals surface area (Å²) in [6, 6.07) is 0. The third-order valence-electron chi connectivity index (χ3n) is 2.04. The molecule has 0 aromatic carbocycles. The molecule has 17 heavy (non-hydrogen) atoms. The topological polar surface area (TPSA) is 98.8 Å². The minimum atomic E-state index is -0.478. The van der Waals surface area contributed by atoms with Crippen molar-refractivity contribution in [3.05, 3.63) is 28.2 Å². The molecule has 9 heteroatoms. The van der Waals surface area contributed by atoms with Crippen LogP contribution in [0.4, 0.5) is 10.7 Å². The second kappa shape index (κ2) is 4.87. The predicted molar refractivity (Wildman–Crippen MR) is 62.1 cm³/mol. The van der Waals surface area contributed by atoms with Crippen molar-refractivity contribution in [1.29, 1.82) is 0 Å². The third kappa shape index (κ3) is 2.56. The average Bonchev–Trinajstić information content (AvgIpc) is 2.90. The summed E-state index contributed by atoms with van der Waals surface area (Å²) in [5.74, 6) is 0. The Hall–Kier alpha value is -2.03. The molecule has 0 saturated heterocycles. The van der Waals surface area contributed by atoms with Gasteiger partial charge in [-0.15, -0.1) is 5.10 Å². The molecule has 0 aliphatic heterocycles. The molecule has 8 nitrogen and oxygen atoms in total. The first-order chi connectivity index (χ1) is 8.20. The minimum absolute atomic E-state index is 0.0295. The Kier molecular flexibility index (Phi) is 3.28. The van der Waals surface area contributed by atoms with E-state index < -0.39 is 4.92 Å². The van der Waals surface area contributed by atoms with Gasteiger partial charge in [-0.3, -0.25) is 14.8 Å². The highest BCUT2D eigenvalue weighted by molar-refractivity contribution is 7.10. The molecule has 2 aromatic heterocycles. The van der Waals surface area contributed by atoms with Crippen LogP contribution in [0, 0.1) is 10.1 Å². The average molecular weight is 254 g/mol. The summed E-state index contributed by atoms with van der Waals surface area (Å²) in [5, 5.41) is 22.3. The Balaban J connectivity index is 2.13. The third-order valence-corrected chi connectivity index (χ3v) is 2.76. The highest BCUT2D eigenvalue weighted by Crippen LogP contribution is 2.18. The summed E-state index contributed by atoms with van der Waals surface area (Å²) in [6.45, 7) is 3.12. The van der Waals surface area contributed by atoms with Gasteiger partial charge in [0, 0.05) is 18.1 Å². The van der Waals surface area contributed by atoms with Gasteiger partial charge in [-0.1, -0.05) is 4.49 Å². The van der Waals surface area contributed by atoms with Crippen molar-refractivity contribution in [2.24, 2.45) is 0 Å². The first kappa shape index (κ1) is 11.5. The number of aromatic nitrogens is 4. The lowest BCUT2D eigenvalue weighted by Gasteiger charge is -2.01. The summed E-state index contributed by atoms with van der Waals surface area (Å²) >= 11 is 1.26. The van der Waals surface area contributed by atoms with Gasteiger partial charge < -0.3 is 5.32 Å². The number of anilines is 1. The number of nitrogens with zero attached hydrogens (tertiary/aromatic N) is 5. The molecule has 90 valence electrons. The van der Waals surface area contributed by atoms with Crippen LogP contribution in [0.2, 0.25) is 0 Å². The van der Waals surface area contributed by atoms with E-state index in [4.69, 9.17) is 0 Å². The maximum Gasteiger partial charge on any atom is 0.307 e. The molecule has 0 radical (unpaired) electrons. The lowest BCUT2D eigenvalue weighted by molar-refractivity contribution is -0.385. The van der Waals surface area contributed by atoms with Crippen LogP contribution in [-0.2, 0) is 6.54 Å². The summed E-state index contributed by atoms with van der Waals surface area (Å²) in [4.78, 5) is 10.0. The van der Waals surface area contributed by atoms with Gasteiger partial charge in [0.25, 0.3) is 0 Å². The van der Waals surface area contributed by atoms with E-state index in [2.05, 4.69) is 20.0 Å². The molecule has 0 aliphatic carbocycles. The summed E-state index contributed by atoms with van der Waals surface area (Å²) in [7, 11) is 0. The Labute approximate surface area is 101 Å². The van der Waals surface area contributed by atoms with E-state index in [-0.39, 0.29) is 5.69 Å². The fourth-order valence-electron chi connectivity index (χ4n) is 1.29. The molecule has 2 aromatic rings. The van der Waals surface area contributed by atoms with Gasteiger partial charge in [-0.05, 0) is 6.92 Å². The van der Waals surface area contributed by atoms with Crippen molar-refractivity contribution in [1.82, 2.24) is 19.4 Å². The zero-order valence-electron chi connectivity index (χ0n) is 9.03. The van der Waals surface area contributed by atoms with Gasteiger partial charge in [0.05, 0.1) is 11.5 Å². The van der Waals surface area contributed by atoms with Crippen LogP contribution in [0.1, 0.15) is 12.6 Å². The zero-order chi connectivity index (χ0) is 12.3. The van der Waals surface area contributed by atoms with Crippen molar-refractivity contribution in [2.75, 3.05) is 11.9 Å². The van der Waals surface area contributed by atoms with E-state index in [1.165, 1.54) is 28.6 Å². The molecule has 0 atom stereocenters. The predicted octanol–water partition coefficient (Wildman–Crippen LogP) is 1.12. The highest BCUT2D eigenvalue weighted by Gasteiger charge is 2.12. The van der Waals surface area contributed by atoms with Crippen molar-refractivity contribution < 1.29 is 4.92 Å². The second-order valence-electron chi connectivity index (χ2n) is 3.23. The fraction of sp³-hybridized carbons (Fsp3) is 0.375. The normalized spacial score (nSPS) is 10.4. The number of nitrogens with one attached hydrogen (secondary N) is 1. The standard InChI is InChI=1S/C8H10N6O2S/c1-2-9-8-7(11-12-17-8)5-13-4-6(3-10-13)14(15)16/h3-4,9H,2,5H2,1H3. The fourth-order valence-corrected chi connectivity index (χ4v) is 1.93. The largest absolute Gasteiger partial charge is 0.374 e. The van der Waals surface area contributed by atoms with Crippen molar-refractivity contribution in [3.63, 3.8) is 0 Å². The number of nitro groups is 1. The van der Waals surface area contributed by atoms with E-state index in [0.29, 0.717) is 6.54 Å². The summed E-state index contributed by atoms with van der Waals surface area (Å²) < 4.78 is 5.30. The SMILES string of the molecule is CCNc1snnc1Cn1cc([N+](=O)[O-])cn1. The van der Waals surface area contributed by atoms with Gasteiger partial charge in [0.2, 0.25) is 0 Å². The lowest BCUT2D eigenvalue weighted by Crippen LogP contribution is -2.04. The monoisotopic (exact) mass is 254 g/mol. The Morgan fingerprint density at radius 1 is 1.65 bits per heavy atom. The molecule has 0 bridgehead atoms. The Morgan fingerprint density at radius 3 is 3.12 bits per heavy atom. The van der Waals surface area contributed by atoms with Gasteiger partial charge in [0.1, 0.15) is 23.1 Å². The van der Waals surface area contributed by atoms with E-state index >= 15 is 0 Å². The van der Waals surface area contributed by atoms with Crippen molar-refractivity contribution >= 4 is 22.2 Å². The molecule has 1 N–H and O–H groups in total. The Morgan fingerprint density at radius 2 is 2.47 bits per heavy atom. The summed E-state index contributed by atoms with van der Waals surface area (Å²) in [6.07, 6.45) is 2.59. The van der Waals surface area contributed by atoms with Gasteiger partial charge >= 0.3 is 5.69 Å². The lowest BCUT2D eigenvalue weighted by atomic mass is 10.4. The zero-order valence-corrected chi connectivity index (χ0v) is 9.85. The van der Waals surface area contributed by atoms with Crippen LogP contribution in [-0.4, -0.2) is 30.8 Å². The molecule has 0 fully saturated rings. The molecule has 0 amide bonds. The first-order valence-electron chi connectivity index (χ1n) is 4.92. The van der Waals surface area contributed by atoms with Crippen LogP contribution in [0.15, 0.2) is 12.4 Å². The molecule has 0 spiro atoms. The van der Waals surface area contributed by atoms with Gasteiger partial charge in [-0.25, -0.2) is 0 Å². The van der Waals surface area contributed by atoms with Crippen LogP contribution >= 0.6 is 11.5 Å². The molecule has 2 heterocycles. The smallest absolute Gasteiger partial charge is 0.307 e. The molecular weight excluding hydrogens is 244 g/mol. The van der Waals surface area contributed by atoms with Gasteiger partial charge in [-0.2, -0.15) is 5.10 Å². The van der Waals surface area contributed by atoms with Crippen LogP contribution in [0.3, 0.4) is 0 Å². The van der Waals surface area contributed by atoms with Crippen molar-refractivity contribution in [3.8, 4) is 0 Å². The number of hydrogen-bond acceptors (Lipinski definition) is 7. The summed E-state index contributed by atoms with van der Waals surface area (Å²) in [5.41, 5.74) is 0.702. The molecule has 2 rings (SSSR count). The quantitative estimate of drug-likeness (QED) is 0.634. The minimum Gasteiger partial charge on any atom is -0.374 e. The second-order valence-corrected chi connectivity index (χ2v) is 3.99. The van der Waals surface area contributed by atoms with E-state index in [0.717, 1.165) is 17.2 Å². The maximum atomic E-state index is 10.5. The maximum absolute atomic E-state index is 10.5. The van der Waals surface area contributed by atoms with E-state index in [9.17, 15) is 10.1 Å². The first-order valence-corrected chi connectivity index (χ1v) is 5.70. The van der Waals surface area contributed by atoms with Crippen LogP contribution in [0.5, 0.6) is 0 Å². The van der Waals surface area contributed by atoms with E-state index in [1.54, 1.807) is 0 Å². The van der Waals surface area contributed by atoms with Gasteiger partial charge in [0.15, 0.2) is 0 Å². The number of rotatable bonds is 5. The van der Waals surface area contributed by atoms with Crippen molar-refractivity contribution in [2.45, 2.75) is 13.5 Å². The number of hydrogen-bond donors (Lipinski definition) is 1. The molecule has 0 aliphatic rings. The van der Waals surface area contributed by atoms with Crippen LogP contribution in [0.25, 0.3) is 0 Å². The molecule has 0 unspecified atom stereocenters. The Bertz CT molecular complexity index is 522. The molecule has 0 saturated carbocycles. The highest BCUT2D eigenvalue weighted by atomic mass is 32.1. The molecular formula is C8H10N6O2S. The van der Waals surface area contributed by atoms with E-state index in [1.807, 2.05) is 6.92 Å².